The van der Waals surface area contributed by atoms with Gasteiger partial charge < -0.3 is 4.57 Å². The second kappa shape index (κ2) is 13.8. The van der Waals surface area contributed by atoms with Gasteiger partial charge in [0.25, 0.3) is 0 Å². The molecule has 2 aromatic heterocycles. The monoisotopic (exact) mass is 714 g/mol. The Morgan fingerprint density at radius 1 is 0.364 bits per heavy atom. The van der Waals surface area contributed by atoms with E-state index in [1.807, 2.05) is 121 Å². The molecule has 8 aromatic carbocycles. The Morgan fingerprint density at radius 2 is 0.909 bits per heavy atom. The molecule has 0 saturated carbocycles. The van der Waals surface area contributed by atoms with Gasteiger partial charge in [-0.25, -0.2) is 15.0 Å². The van der Waals surface area contributed by atoms with Crippen LogP contribution in [-0.2, 0) is 0 Å². The van der Waals surface area contributed by atoms with E-state index in [4.69, 9.17) is 24.5 Å². The molecule has 2 heterocycles. The van der Waals surface area contributed by atoms with Gasteiger partial charge in [0.15, 0.2) is 17.5 Å². The highest BCUT2D eigenvalue weighted by Crippen LogP contribution is 2.42. The van der Waals surface area contributed by atoms with Crippen LogP contribution in [0.4, 0.5) is 0 Å². The first-order valence-corrected chi connectivity index (χ1v) is 17.6. The van der Waals surface area contributed by atoms with Crippen LogP contribution in [0, 0.1) is 0 Å². The Hall–Kier alpha value is -7.43. The van der Waals surface area contributed by atoms with Crippen molar-refractivity contribution in [2.45, 2.75) is 0 Å². The van der Waals surface area contributed by atoms with E-state index in [9.17, 15) is 6.85 Å². The second-order valence-corrected chi connectivity index (χ2v) is 12.7. The van der Waals surface area contributed by atoms with E-state index in [1.54, 1.807) is 12.1 Å². The third kappa shape index (κ3) is 5.96. The number of hydrogen-bond acceptors (Lipinski definition) is 3. The van der Waals surface area contributed by atoms with Crippen LogP contribution in [0.3, 0.4) is 0 Å². The van der Waals surface area contributed by atoms with Gasteiger partial charge in [0.05, 0.1) is 38.7 Å². The van der Waals surface area contributed by atoms with Gasteiger partial charge in [-0.1, -0.05) is 182 Å². The van der Waals surface area contributed by atoms with E-state index in [0.29, 0.717) is 33.9 Å². The number of fused-ring (bicyclic) bond motifs is 3. The van der Waals surface area contributed by atoms with Crippen molar-refractivity contribution in [1.29, 1.82) is 0 Å². The summed E-state index contributed by atoms with van der Waals surface area (Å²) < 4.78 is 109. The van der Waals surface area contributed by atoms with Crippen molar-refractivity contribution in [2.75, 3.05) is 0 Å². The zero-order valence-electron chi connectivity index (χ0n) is 41.0. The third-order valence-corrected chi connectivity index (χ3v) is 9.42. The maximum atomic E-state index is 9.75. The van der Waals surface area contributed by atoms with Gasteiger partial charge in [0.1, 0.15) is 0 Å². The van der Waals surface area contributed by atoms with Gasteiger partial charge in [-0.3, -0.25) is 0 Å². The lowest BCUT2D eigenvalue weighted by molar-refractivity contribution is 1.06. The summed E-state index contributed by atoms with van der Waals surface area (Å²) in [4.78, 5) is 15.1. The molecule has 0 bridgehead atoms. The first-order chi connectivity index (χ1) is 32.3. The molecule has 0 amide bonds. The van der Waals surface area contributed by atoms with Gasteiger partial charge >= 0.3 is 0 Å². The fraction of sp³-hybridized carbons (Fsp3) is 0. The summed E-state index contributed by atoms with van der Waals surface area (Å²) in [5.41, 5.74) is 4.05. The molecule has 0 radical (unpaired) electrons. The van der Waals surface area contributed by atoms with Gasteiger partial charge in [-0.15, -0.1) is 0 Å². The number of rotatable bonds is 7. The summed E-state index contributed by atoms with van der Waals surface area (Å²) in [7, 11) is 0. The summed E-state index contributed by atoms with van der Waals surface area (Å²) in [6.45, 7) is 0. The first kappa shape index (κ1) is 21.9. The Kier molecular flexibility index (Phi) is 5.52. The molecule has 0 N–H and O–H groups in total. The topological polar surface area (TPSA) is 43.6 Å². The van der Waals surface area contributed by atoms with Crippen molar-refractivity contribution in [3.63, 3.8) is 0 Å². The summed E-state index contributed by atoms with van der Waals surface area (Å²) in [6, 6.07) is 34.3. The average molecular weight is 715 g/mol. The highest BCUT2D eigenvalue weighted by atomic mass is 15.1. The minimum absolute atomic E-state index is 0.126. The van der Waals surface area contributed by atoms with Gasteiger partial charge in [-0.2, -0.15) is 0 Å². The fourth-order valence-corrected chi connectivity index (χ4v) is 6.85. The molecule has 0 saturated heterocycles. The highest BCUT2D eigenvalue weighted by molar-refractivity contribution is 6.11. The van der Waals surface area contributed by atoms with Crippen LogP contribution in [0.2, 0.25) is 0 Å². The van der Waals surface area contributed by atoms with Crippen molar-refractivity contribution in [3.05, 3.63) is 206 Å². The van der Waals surface area contributed by atoms with Crippen molar-refractivity contribution >= 4 is 21.8 Å². The lowest BCUT2D eigenvalue weighted by atomic mass is 9.95. The predicted octanol–water partition coefficient (Wildman–Crippen LogP) is 13.0. The zero-order valence-corrected chi connectivity index (χ0v) is 29.0. The van der Waals surface area contributed by atoms with Crippen LogP contribution < -0.4 is 0 Å². The van der Waals surface area contributed by atoms with Crippen LogP contribution in [0.5, 0.6) is 0 Å². The Labute approximate surface area is 336 Å². The van der Waals surface area contributed by atoms with E-state index >= 15 is 0 Å². The van der Waals surface area contributed by atoms with Crippen LogP contribution in [0.1, 0.15) is 16.4 Å². The van der Waals surface area contributed by atoms with Crippen molar-refractivity contribution in [3.8, 4) is 73.2 Å². The molecule has 4 heteroatoms. The SMILES string of the molecule is [2H]c1c([2H])c([2H])c(-c2c([2H])c([2H])c3c(c2[2H])c2c([2H])c([2H])c([2H])c([2H])c2n3-c2cccc(-c3ccc(-c4ccccc4)cc3)c2-c2nc(-c3ccccc3)nc(-c3ccccc3)n2)c([2H])c1[2H]. The molecule has 55 heavy (non-hydrogen) atoms. The highest BCUT2D eigenvalue weighted by Gasteiger charge is 2.23. The van der Waals surface area contributed by atoms with E-state index in [-0.39, 0.29) is 33.3 Å². The number of benzene rings is 8. The zero-order chi connectivity index (χ0) is 47.0. The normalized spacial score (nSPS) is 14.3. The smallest absolute Gasteiger partial charge is 0.166 e. The quantitative estimate of drug-likeness (QED) is 0.165. The minimum Gasteiger partial charge on any atom is -0.308 e. The van der Waals surface area contributed by atoms with Crippen molar-refractivity contribution in [2.24, 2.45) is 0 Å². The van der Waals surface area contributed by atoms with Gasteiger partial charge in [0, 0.05) is 21.9 Å². The Bertz CT molecular complexity index is 3550. The summed E-state index contributed by atoms with van der Waals surface area (Å²) >= 11 is 0. The maximum Gasteiger partial charge on any atom is 0.166 e. The van der Waals surface area contributed by atoms with Crippen LogP contribution >= 0.6 is 0 Å². The molecule has 10 aromatic rings. The molecular weight excluding hydrogens is 669 g/mol. The average Bonchev–Trinajstić information content (AvgIpc) is 3.74. The fourth-order valence-electron chi connectivity index (χ4n) is 6.85. The molecule has 10 rings (SSSR count). The van der Waals surface area contributed by atoms with Crippen LogP contribution in [0.15, 0.2) is 206 Å². The maximum absolute atomic E-state index is 9.75. The molecule has 0 fully saturated rings. The van der Waals surface area contributed by atoms with Gasteiger partial charge in [0.2, 0.25) is 0 Å². The minimum atomic E-state index is -0.703. The molecular formula is C51H34N4. The number of para-hydroxylation sites is 1. The third-order valence-electron chi connectivity index (χ3n) is 9.42. The number of nitrogens with zero attached hydrogens (tertiary/aromatic N) is 4. The lowest BCUT2D eigenvalue weighted by Crippen LogP contribution is -2.05. The lowest BCUT2D eigenvalue weighted by Gasteiger charge is -2.18. The van der Waals surface area contributed by atoms with Gasteiger partial charge in [-0.05, 0) is 57.6 Å². The Balaban J connectivity index is 1.38. The molecule has 0 aliphatic rings. The van der Waals surface area contributed by atoms with Crippen molar-refractivity contribution < 1.29 is 16.4 Å². The largest absolute Gasteiger partial charge is 0.308 e. The first-order valence-electron chi connectivity index (χ1n) is 23.6. The predicted molar refractivity (Wildman–Crippen MR) is 227 cm³/mol. The molecule has 0 aliphatic carbocycles. The molecule has 258 valence electrons. The molecule has 4 nitrogen and oxygen atoms in total. The Morgan fingerprint density at radius 3 is 1.58 bits per heavy atom. The standard InChI is InChI=1S/C51H34N4/c1-5-16-35(17-6-1)37-28-30-38(31-29-37)42-25-15-27-47(48(42)51-53-49(39-20-9-3-10-21-39)52-50(54-51)40-22-11-4-12-23-40)55-45-26-14-13-24-43(45)44-34-41(32-33-46(44)55)36-18-7-2-8-19-36/h1-34H/i2D,7D,8D,13D,14D,18D,19D,24D,26D,32D,33D,34D. The van der Waals surface area contributed by atoms with E-state index in [0.717, 1.165) is 16.7 Å². The van der Waals surface area contributed by atoms with Crippen molar-refractivity contribution in [1.82, 2.24) is 19.5 Å². The molecule has 0 atom stereocenters. The molecule has 0 unspecified atom stereocenters. The summed E-state index contributed by atoms with van der Waals surface area (Å²) in [5, 5.41) is -0.346. The summed E-state index contributed by atoms with van der Waals surface area (Å²) in [5.74, 6) is 0.834. The number of hydrogen-bond donors (Lipinski definition) is 0. The second-order valence-electron chi connectivity index (χ2n) is 12.7. The van der Waals surface area contributed by atoms with E-state index in [1.165, 1.54) is 4.57 Å². The molecule has 0 aliphatic heterocycles. The van der Waals surface area contributed by atoms with Crippen LogP contribution in [0.25, 0.3) is 95.0 Å². The van der Waals surface area contributed by atoms with E-state index in [2.05, 4.69) is 0 Å². The summed E-state index contributed by atoms with van der Waals surface area (Å²) in [6.07, 6.45) is 0. The van der Waals surface area contributed by atoms with Crippen LogP contribution in [-0.4, -0.2) is 19.5 Å². The number of aromatic nitrogens is 4. The van der Waals surface area contributed by atoms with E-state index < -0.39 is 83.6 Å². The molecule has 0 spiro atoms.